The molecule has 2 atom stereocenters. The number of aromatic nitrogens is 2. The van der Waals surface area contributed by atoms with Gasteiger partial charge in [-0.15, -0.1) is 0 Å². The van der Waals surface area contributed by atoms with Crippen LogP contribution in [0, 0.1) is 6.92 Å². The number of carbonyl (C=O) groups excluding carboxylic acids is 1. The molecule has 2 heterocycles. The van der Waals surface area contributed by atoms with Crippen LogP contribution >= 0.6 is 0 Å². The molecule has 1 N–H and O–H groups in total. The van der Waals surface area contributed by atoms with Crippen molar-refractivity contribution >= 4 is 11.9 Å². The number of fused-ring (bicyclic) bond motifs is 1. The number of benzene rings is 1. The normalized spacial score (nSPS) is 19.1. The minimum Gasteiger partial charge on any atom is -0.490 e. The lowest BCUT2D eigenvalue weighted by atomic mass is 9.97. The van der Waals surface area contributed by atoms with Crippen molar-refractivity contribution in [2.75, 3.05) is 11.9 Å². The Bertz CT molecular complexity index is 748. The molecule has 6 heteroatoms. The summed E-state index contributed by atoms with van der Waals surface area (Å²) >= 11 is 0. The molecule has 1 aromatic carbocycles. The predicted molar refractivity (Wildman–Crippen MR) is 90.2 cm³/mol. The topological polar surface area (TPSA) is 73.3 Å². The molecule has 24 heavy (non-hydrogen) atoms. The van der Waals surface area contributed by atoms with Crippen LogP contribution in [0.2, 0.25) is 0 Å². The lowest BCUT2D eigenvalue weighted by Gasteiger charge is -2.31. The van der Waals surface area contributed by atoms with E-state index < -0.39 is 5.97 Å². The highest BCUT2D eigenvalue weighted by atomic mass is 16.5. The molecule has 0 fully saturated rings. The third-order valence-electron chi connectivity index (χ3n) is 3.97. The third-order valence-corrected chi connectivity index (χ3v) is 3.97. The van der Waals surface area contributed by atoms with Crippen LogP contribution in [0.3, 0.4) is 0 Å². The Labute approximate surface area is 141 Å². The van der Waals surface area contributed by atoms with Gasteiger partial charge in [0.05, 0.1) is 30.0 Å². The number of carbonyl (C=O) groups is 1. The first-order chi connectivity index (χ1) is 11.6. The summed E-state index contributed by atoms with van der Waals surface area (Å²) in [6.07, 6.45) is 2.44. The molecule has 3 rings (SSSR count). The average Bonchev–Trinajstić information content (AvgIpc) is 2.55. The van der Waals surface area contributed by atoms with Gasteiger partial charge in [-0.2, -0.15) is 0 Å². The summed E-state index contributed by atoms with van der Waals surface area (Å²) in [5.41, 5.74) is 2.08. The van der Waals surface area contributed by atoms with E-state index in [1.807, 2.05) is 31.2 Å². The van der Waals surface area contributed by atoms with E-state index >= 15 is 0 Å². The molecule has 0 saturated heterocycles. The Kier molecular flexibility index (Phi) is 4.64. The van der Waals surface area contributed by atoms with Crippen LogP contribution in [-0.2, 0) is 4.74 Å². The van der Waals surface area contributed by atoms with Crippen molar-refractivity contribution in [3.05, 3.63) is 47.3 Å². The fourth-order valence-corrected chi connectivity index (χ4v) is 2.84. The van der Waals surface area contributed by atoms with Gasteiger partial charge in [-0.1, -0.05) is 18.2 Å². The van der Waals surface area contributed by atoms with E-state index in [1.54, 1.807) is 13.8 Å². The second-order valence-electron chi connectivity index (χ2n) is 5.81. The van der Waals surface area contributed by atoms with Gasteiger partial charge in [0.1, 0.15) is 5.75 Å². The number of rotatable bonds is 4. The van der Waals surface area contributed by atoms with Gasteiger partial charge in [0.25, 0.3) is 0 Å². The van der Waals surface area contributed by atoms with E-state index in [1.165, 1.54) is 6.20 Å². The van der Waals surface area contributed by atoms with Gasteiger partial charge in [0.2, 0.25) is 5.95 Å². The van der Waals surface area contributed by atoms with Crippen LogP contribution in [-0.4, -0.2) is 28.6 Å². The number of aryl methyl sites for hydroxylation is 1. The second kappa shape index (κ2) is 6.86. The number of anilines is 1. The van der Waals surface area contributed by atoms with Crippen molar-refractivity contribution in [1.29, 1.82) is 0 Å². The zero-order chi connectivity index (χ0) is 17.1. The lowest BCUT2D eigenvalue weighted by Crippen LogP contribution is -2.27. The highest BCUT2D eigenvalue weighted by Gasteiger charge is 2.26. The summed E-state index contributed by atoms with van der Waals surface area (Å²) < 4.78 is 10.9. The molecule has 1 aliphatic rings. The first-order valence-corrected chi connectivity index (χ1v) is 8.11. The van der Waals surface area contributed by atoms with Gasteiger partial charge in [0, 0.05) is 18.2 Å². The molecule has 2 aromatic rings. The fraction of sp³-hybridized carbons (Fsp3) is 0.389. The van der Waals surface area contributed by atoms with E-state index in [0.717, 1.165) is 17.7 Å². The first-order valence-electron chi connectivity index (χ1n) is 8.11. The van der Waals surface area contributed by atoms with Crippen molar-refractivity contribution in [1.82, 2.24) is 9.97 Å². The molecular formula is C18H21N3O3. The molecule has 0 radical (unpaired) electrons. The number of esters is 1. The summed E-state index contributed by atoms with van der Waals surface area (Å²) in [6, 6.07) is 8.03. The number of nitrogens with one attached hydrogen (secondary N) is 1. The number of nitrogens with zero attached hydrogens (tertiary/aromatic N) is 2. The highest BCUT2D eigenvalue weighted by molar-refractivity contribution is 5.90. The minimum atomic E-state index is -0.397. The fourth-order valence-electron chi connectivity index (χ4n) is 2.84. The second-order valence-corrected chi connectivity index (χ2v) is 5.81. The third kappa shape index (κ3) is 3.32. The zero-order valence-corrected chi connectivity index (χ0v) is 14.1. The van der Waals surface area contributed by atoms with Crippen molar-refractivity contribution in [2.45, 2.75) is 39.3 Å². The van der Waals surface area contributed by atoms with Gasteiger partial charge in [-0.25, -0.2) is 14.8 Å². The maximum Gasteiger partial charge on any atom is 0.341 e. The van der Waals surface area contributed by atoms with Crippen molar-refractivity contribution in [3.8, 4) is 5.75 Å². The highest BCUT2D eigenvalue weighted by Crippen LogP contribution is 2.36. The molecule has 0 unspecified atom stereocenters. The smallest absolute Gasteiger partial charge is 0.341 e. The van der Waals surface area contributed by atoms with Gasteiger partial charge in [-0.05, 0) is 26.8 Å². The van der Waals surface area contributed by atoms with E-state index in [2.05, 4.69) is 15.3 Å². The van der Waals surface area contributed by atoms with Crippen molar-refractivity contribution < 1.29 is 14.3 Å². The zero-order valence-electron chi connectivity index (χ0n) is 14.1. The van der Waals surface area contributed by atoms with E-state index in [4.69, 9.17) is 9.47 Å². The van der Waals surface area contributed by atoms with Crippen LogP contribution in [0.1, 0.15) is 47.9 Å². The Morgan fingerprint density at radius 2 is 2.21 bits per heavy atom. The summed E-state index contributed by atoms with van der Waals surface area (Å²) in [5.74, 6) is 0.981. The molecular weight excluding hydrogens is 306 g/mol. The van der Waals surface area contributed by atoms with Crippen molar-refractivity contribution in [3.63, 3.8) is 0 Å². The minimum absolute atomic E-state index is 0.0674. The Morgan fingerprint density at radius 3 is 2.96 bits per heavy atom. The van der Waals surface area contributed by atoms with E-state index in [0.29, 0.717) is 23.8 Å². The quantitative estimate of drug-likeness (QED) is 0.869. The number of hydrogen-bond donors (Lipinski definition) is 1. The van der Waals surface area contributed by atoms with Gasteiger partial charge >= 0.3 is 5.97 Å². The Balaban J connectivity index is 1.82. The van der Waals surface area contributed by atoms with E-state index in [9.17, 15) is 4.79 Å². The first kappa shape index (κ1) is 16.2. The molecule has 0 bridgehead atoms. The average molecular weight is 327 g/mol. The molecule has 0 spiro atoms. The monoisotopic (exact) mass is 327 g/mol. The molecule has 0 amide bonds. The van der Waals surface area contributed by atoms with Crippen LogP contribution in [0.4, 0.5) is 5.95 Å². The Hall–Kier alpha value is -2.63. The largest absolute Gasteiger partial charge is 0.490 e. The molecule has 0 aliphatic carbocycles. The molecule has 6 nitrogen and oxygen atoms in total. The van der Waals surface area contributed by atoms with Crippen LogP contribution < -0.4 is 10.1 Å². The van der Waals surface area contributed by atoms with Crippen molar-refractivity contribution in [2.24, 2.45) is 0 Å². The summed E-state index contributed by atoms with van der Waals surface area (Å²) in [7, 11) is 0. The van der Waals surface area contributed by atoms with Crippen LogP contribution in [0.25, 0.3) is 0 Å². The SMILES string of the molecule is CCOC(=O)c1cnc(N[C@@H]2C[C@@H](C)Oc3ccccc32)nc1C. The molecule has 126 valence electrons. The van der Waals surface area contributed by atoms with Gasteiger partial charge < -0.3 is 14.8 Å². The van der Waals surface area contributed by atoms with Crippen LogP contribution in [0.15, 0.2) is 30.5 Å². The van der Waals surface area contributed by atoms with Crippen LogP contribution in [0.5, 0.6) is 5.75 Å². The maximum absolute atomic E-state index is 11.8. The van der Waals surface area contributed by atoms with Gasteiger partial charge in [-0.3, -0.25) is 0 Å². The standard InChI is InChI=1S/C18H21N3O3/c1-4-23-17(22)14-10-19-18(20-12(14)3)21-15-9-11(2)24-16-8-6-5-7-13(15)16/h5-8,10-11,15H,4,9H2,1-3H3,(H,19,20,21)/t11-,15-/m1/s1. The molecule has 0 saturated carbocycles. The lowest BCUT2D eigenvalue weighted by molar-refractivity contribution is 0.0524. The summed E-state index contributed by atoms with van der Waals surface area (Å²) in [6.45, 7) is 5.92. The van der Waals surface area contributed by atoms with Gasteiger partial charge in [0.15, 0.2) is 0 Å². The summed E-state index contributed by atoms with van der Waals surface area (Å²) in [4.78, 5) is 20.5. The summed E-state index contributed by atoms with van der Waals surface area (Å²) in [5, 5.41) is 3.35. The molecule has 1 aliphatic heterocycles. The number of ether oxygens (including phenoxy) is 2. The molecule has 1 aromatic heterocycles. The maximum atomic E-state index is 11.8. The Morgan fingerprint density at radius 1 is 1.42 bits per heavy atom. The number of hydrogen-bond acceptors (Lipinski definition) is 6. The number of para-hydroxylation sites is 1. The predicted octanol–water partition coefficient (Wildman–Crippen LogP) is 3.29. The van der Waals surface area contributed by atoms with E-state index in [-0.39, 0.29) is 12.1 Å².